The zero-order valence-electron chi connectivity index (χ0n) is 15.0. The van der Waals surface area contributed by atoms with E-state index in [4.69, 9.17) is 0 Å². The second-order valence-corrected chi connectivity index (χ2v) is 7.53. The average molecular weight is 308 g/mol. The Morgan fingerprint density at radius 2 is 1.35 bits per heavy atom. The largest absolute Gasteiger partial charge is 0.213 e. The molecule has 1 spiro atoms. The minimum atomic E-state index is -2.90. The summed E-state index contributed by atoms with van der Waals surface area (Å²) in [5.74, 6) is 0.812. The molecule has 1 aliphatic heterocycles. The molecule has 20 heavy (non-hydrogen) atoms. The van der Waals surface area contributed by atoms with E-state index in [0.29, 0.717) is 5.41 Å². The van der Waals surface area contributed by atoms with Gasteiger partial charge in [-0.1, -0.05) is 61.3 Å². The van der Waals surface area contributed by atoms with Gasteiger partial charge in [-0.2, -0.15) is 0 Å². The summed E-state index contributed by atoms with van der Waals surface area (Å²) in [5.41, 5.74) is 0.391. The van der Waals surface area contributed by atoms with Crippen LogP contribution in [0.2, 0.25) is 0 Å². The van der Waals surface area contributed by atoms with Crippen molar-refractivity contribution in [2.45, 2.75) is 74.1 Å². The van der Waals surface area contributed by atoms with E-state index in [2.05, 4.69) is 20.8 Å². The molecule has 2 aliphatic rings. The molecule has 1 heterocycles. The van der Waals surface area contributed by atoms with Crippen LogP contribution < -0.4 is 0 Å². The van der Waals surface area contributed by atoms with Crippen LogP contribution in [0, 0.1) is 11.3 Å². The van der Waals surface area contributed by atoms with E-state index < -0.39 is 10.0 Å². The summed E-state index contributed by atoms with van der Waals surface area (Å²) in [7, 11) is -2.90. The van der Waals surface area contributed by atoms with E-state index in [1.807, 2.05) is 27.7 Å². The fourth-order valence-corrected chi connectivity index (χ4v) is 3.63. The zero-order valence-corrected chi connectivity index (χ0v) is 15.8. The van der Waals surface area contributed by atoms with Crippen LogP contribution in [0.15, 0.2) is 0 Å². The van der Waals surface area contributed by atoms with E-state index in [0.717, 1.165) is 19.0 Å². The molecular formula is C16H37NO2S. The van der Waals surface area contributed by atoms with E-state index in [-0.39, 0.29) is 0 Å². The van der Waals surface area contributed by atoms with Gasteiger partial charge in [0.25, 0.3) is 0 Å². The summed E-state index contributed by atoms with van der Waals surface area (Å²) in [5, 5.41) is 0. The Balaban J connectivity index is 0. The first-order chi connectivity index (χ1) is 9.33. The molecule has 0 aromatic carbocycles. The van der Waals surface area contributed by atoms with Crippen molar-refractivity contribution in [1.82, 2.24) is 4.31 Å². The first-order valence-corrected chi connectivity index (χ1v) is 10.1. The lowest BCUT2D eigenvalue weighted by Crippen LogP contribution is -2.62. The predicted molar refractivity (Wildman–Crippen MR) is 90.5 cm³/mol. The third-order valence-corrected chi connectivity index (χ3v) is 4.75. The van der Waals surface area contributed by atoms with Crippen molar-refractivity contribution in [3.8, 4) is 0 Å². The summed E-state index contributed by atoms with van der Waals surface area (Å²) in [6.07, 6.45) is 6.37. The van der Waals surface area contributed by atoms with Gasteiger partial charge in [-0.25, -0.2) is 12.7 Å². The normalized spacial score (nSPS) is 20.0. The maximum absolute atomic E-state index is 11.0. The molecule has 0 bridgehead atoms. The molecule has 0 atom stereocenters. The van der Waals surface area contributed by atoms with Crippen LogP contribution in [-0.4, -0.2) is 32.1 Å². The average Bonchev–Trinajstić information content (AvgIpc) is 2.36. The molecule has 0 radical (unpaired) electrons. The number of hydrogen-bond acceptors (Lipinski definition) is 2. The smallest absolute Gasteiger partial charge is 0.211 e. The minimum Gasteiger partial charge on any atom is -0.213 e. The van der Waals surface area contributed by atoms with Crippen LogP contribution in [0.25, 0.3) is 0 Å². The monoisotopic (exact) mass is 307 g/mol. The summed E-state index contributed by atoms with van der Waals surface area (Å²) >= 11 is 0. The third kappa shape index (κ3) is 7.07. The molecule has 0 unspecified atom stereocenters. The van der Waals surface area contributed by atoms with Gasteiger partial charge in [-0.05, 0) is 24.2 Å². The van der Waals surface area contributed by atoms with Crippen molar-refractivity contribution in [3.63, 3.8) is 0 Å². The highest BCUT2D eigenvalue weighted by molar-refractivity contribution is 7.88. The van der Waals surface area contributed by atoms with Gasteiger partial charge in [0.1, 0.15) is 0 Å². The Labute approximate surface area is 128 Å². The highest BCUT2D eigenvalue weighted by Crippen LogP contribution is 2.52. The maximum Gasteiger partial charge on any atom is 0.211 e. The van der Waals surface area contributed by atoms with Gasteiger partial charge in [0.2, 0.25) is 10.0 Å². The zero-order chi connectivity index (χ0) is 16.4. The molecule has 0 aromatic heterocycles. The first-order valence-electron chi connectivity index (χ1n) is 8.28. The molecule has 3 nitrogen and oxygen atoms in total. The van der Waals surface area contributed by atoms with Crippen LogP contribution in [0.3, 0.4) is 0 Å². The second-order valence-electron chi connectivity index (χ2n) is 5.54. The van der Waals surface area contributed by atoms with Gasteiger partial charge < -0.3 is 0 Å². The fraction of sp³-hybridized carbons (Fsp3) is 1.00. The van der Waals surface area contributed by atoms with Crippen molar-refractivity contribution in [3.05, 3.63) is 0 Å². The van der Waals surface area contributed by atoms with Gasteiger partial charge in [0.15, 0.2) is 0 Å². The molecule has 1 aliphatic carbocycles. The number of unbranched alkanes of at least 4 members (excludes halogenated alkanes) is 1. The molecule has 1 saturated carbocycles. The quantitative estimate of drug-likeness (QED) is 0.751. The number of hydrogen-bond donors (Lipinski definition) is 0. The summed E-state index contributed by atoms with van der Waals surface area (Å²) < 4.78 is 23.7. The molecule has 4 heteroatoms. The third-order valence-electron chi connectivity index (χ3n) is 3.56. The molecule has 1 saturated heterocycles. The maximum atomic E-state index is 11.0. The Morgan fingerprint density at radius 3 is 1.55 bits per heavy atom. The van der Waals surface area contributed by atoms with Crippen molar-refractivity contribution < 1.29 is 8.42 Å². The predicted octanol–water partition coefficient (Wildman–Crippen LogP) is 4.54. The van der Waals surface area contributed by atoms with Crippen LogP contribution in [-0.2, 0) is 10.0 Å². The van der Waals surface area contributed by atoms with Crippen molar-refractivity contribution >= 4 is 10.0 Å². The standard InChI is InChI=1S/C8H15NO2S.C4H10.2C2H6/c1-7-3-8(4-7)5-9(6-8)12(2,10)11;1-3-4-2;2*1-2/h7H,3-6H2,1-2H3;3-4H2,1-2H3;2*1-2H3. The Bertz CT molecular complexity index is 309. The van der Waals surface area contributed by atoms with Gasteiger partial charge in [-0.3, -0.25) is 0 Å². The number of nitrogens with zero attached hydrogens (tertiary/aromatic N) is 1. The summed E-state index contributed by atoms with van der Waals surface area (Å²) in [4.78, 5) is 0. The molecule has 0 aromatic rings. The van der Waals surface area contributed by atoms with Gasteiger partial charge >= 0.3 is 0 Å². The van der Waals surface area contributed by atoms with Crippen LogP contribution in [0.5, 0.6) is 0 Å². The van der Waals surface area contributed by atoms with Crippen molar-refractivity contribution in [1.29, 1.82) is 0 Å². The highest BCUT2D eigenvalue weighted by atomic mass is 32.2. The first kappa shape index (κ1) is 22.2. The summed E-state index contributed by atoms with van der Waals surface area (Å²) in [6, 6.07) is 0. The molecule has 0 amide bonds. The lowest BCUT2D eigenvalue weighted by Gasteiger charge is -2.57. The van der Waals surface area contributed by atoms with E-state index in [1.54, 1.807) is 4.31 Å². The SMILES string of the molecule is CC.CC.CC1CC2(C1)CN(S(C)(=O)=O)C2.CCCC. The number of sulfonamides is 1. The lowest BCUT2D eigenvalue weighted by atomic mass is 9.59. The minimum absolute atomic E-state index is 0.391. The molecule has 124 valence electrons. The van der Waals surface area contributed by atoms with Crippen molar-refractivity contribution in [2.75, 3.05) is 19.3 Å². The van der Waals surface area contributed by atoms with Crippen molar-refractivity contribution in [2.24, 2.45) is 11.3 Å². The lowest BCUT2D eigenvalue weighted by molar-refractivity contribution is -0.0456. The van der Waals surface area contributed by atoms with Crippen LogP contribution in [0.1, 0.15) is 74.1 Å². The van der Waals surface area contributed by atoms with Gasteiger partial charge in [0.05, 0.1) is 6.26 Å². The molecule has 0 N–H and O–H groups in total. The van der Waals surface area contributed by atoms with Crippen LogP contribution >= 0.6 is 0 Å². The highest BCUT2D eigenvalue weighted by Gasteiger charge is 2.53. The van der Waals surface area contributed by atoms with Crippen LogP contribution in [0.4, 0.5) is 0 Å². The Morgan fingerprint density at radius 1 is 1.00 bits per heavy atom. The molecule has 2 rings (SSSR count). The molecule has 2 fully saturated rings. The topological polar surface area (TPSA) is 37.4 Å². The second kappa shape index (κ2) is 10.6. The fourth-order valence-electron chi connectivity index (χ4n) is 2.61. The molecular weight excluding hydrogens is 270 g/mol. The summed E-state index contributed by atoms with van der Waals surface area (Å²) in [6.45, 7) is 16.1. The van der Waals surface area contributed by atoms with E-state index >= 15 is 0 Å². The van der Waals surface area contributed by atoms with Gasteiger partial charge in [-0.15, -0.1) is 0 Å². The Hall–Kier alpha value is -0.0900. The van der Waals surface area contributed by atoms with E-state index in [9.17, 15) is 8.42 Å². The Kier molecular flexibility index (Phi) is 11.8. The van der Waals surface area contributed by atoms with E-state index in [1.165, 1.54) is 31.9 Å². The number of rotatable bonds is 2. The van der Waals surface area contributed by atoms with Gasteiger partial charge in [0, 0.05) is 13.1 Å².